The second-order valence-electron chi connectivity index (χ2n) is 8.43. The molecule has 0 radical (unpaired) electrons. The van der Waals surface area contributed by atoms with Crippen molar-refractivity contribution in [2.45, 2.75) is 50.2 Å². The van der Waals surface area contributed by atoms with E-state index in [0.29, 0.717) is 18.9 Å². The molecule has 2 aromatic rings. The van der Waals surface area contributed by atoms with Crippen molar-refractivity contribution in [1.82, 2.24) is 20.4 Å². The Hall–Kier alpha value is -3.01. The summed E-state index contributed by atoms with van der Waals surface area (Å²) in [4.78, 5) is 26.7. The number of fused-ring (bicyclic) bond motifs is 2. The van der Waals surface area contributed by atoms with Crippen LogP contribution in [0.25, 0.3) is 0 Å². The lowest BCUT2D eigenvalue weighted by molar-refractivity contribution is -0.135. The lowest BCUT2D eigenvalue weighted by Crippen LogP contribution is -2.52. The van der Waals surface area contributed by atoms with Gasteiger partial charge in [-0.15, -0.1) is 5.10 Å². The number of carbonyl (C=O) groups is 2. The minimum Gasteiger partial charge on any atom is -0.342 e. The number of hydrogen-bond acceptors (Lipinski definition) is 5. The summed E-state index contributed by atoms with van der Waals surface area (Å²) in [7, 11) is 0. The summed E-state index contributed by atoms with van der Waals surface area (Å²) < 4.78 is 40.7. The lowest BCUT2D eigenvalue weighted by Gasteiger charge is -2.41. The summed E-state index contributed by atoms with van der Waals surface area (Å²) in [5, 5.41) is 9.95. The van der Waals surface area contributed by atoms with Crippen LogP contribution in [0.3, 0.4) is 0 Å². The number of amides is 2. The van der Waals surface area contributed by atoms with Gasteiger partial charge in [0, 0.05) is 30.4 Å². The molecule has 2 aliphatic heterocycles. The zero-order valence-electron chi connectivity index (χ0n) is 17.3. The van der Waals surface area contributed by atoms with Crippen molar-refractivity contribution in [3.05, 3.63) is 59.2 Å². The number of rotatable bonds is 6. The molecule has 32 heavy (non-hydrogen) atoms. The molecule has 2 amide bonds. The van der Waals surface area contributed by atoms with Gasteiger partial charge >= 0.3 is 0 Å². The Labute approximate surface area is 183 Å². The molecule has 1 aromatic carbocycles. The number of nitrogens with one attached hydrogen (secondary N) is 1. The monoisotopic (exact) mass is 447 g/mol. The topological polar surface area (TPSA) is 101 Å². The van der Waals surface area contributed by atoms with Gasteiger partial charge in [0.15, 0.2) is 17.3 Å². The second kappa shape index (κ2) is 9.23. The van der Waals surface area contributed by atoms with Gasteiger partial charge in [-0.05, 0) is 61.8 Å². The van der Waals surface area contributed by atoms with Gasteiger partial charge in [-0.1, -0.05) is 0 Å². The number of aromatic nitrogens is 2. The Morgan fingerprint density at radius 2 is 1.81 bits per heavy atom. The molecule has 4 rings (SSSR count). The highest BCUT2D eigenvalue weighted by Crippen LogP contribution is 2.40. The molecule has 0 saturated carbocycles. The zero-order valence-corrected chi connectivity index (χ0v) is 17.3. The fourth-order valence-corrected chi connectivity index (χ4v) is 4.88. The van der Waals surface area contributed by atoms with Crippen molar-refractivity contribution in [3.63, 3.8) is 0 Å². The third-order valence-electron chi connectivity index (χ3n) is 6.41. The second-order valence-corrected chi connectivity index (χ2v) is 8.43. The van der Waals surface area contributed by atoms with Crippen molar-refractivity contribution in [1.29, 1.82) is 0 Å². The summed E-state index contributed by atoms with van der Waals surface area (Å²) in [6, 6.07) is 4.03. The summed E-state index contributed by atoms with van der Waals surface area (Å²) in [6.07, 6.45) is 4.50. The smallest absolute Gasteiger partial charge is 0.272 e. The minimum absolute atomic E-state index is 0.0134. The first kappa shape index (κ1) is 22.2. The molecular weight excluding hydrogens is 423 g/mol. The Morgan fingerprint density at radius 3 is 2.47 bits per heavy atom. The first-order valence-electron chi connectivity index (χ1n) is 10.6. The maximum atomic E-state index is 14.0. The third kappa shape index (κ3) is 4.59. The van der Waals surface area contributed by atoms with Crippen LogP contribution in [0.4, 0.5) is 13.2 Å². The molecule has 1 aromatic heterocycles. The minimum atomic E-state index is -1.23. The van der Waals surface area contributed by atoms with Crippen LogP contribution in [-0.2, 0) is 11.2 Å². The summed E-state index contributed by atoms with van der Waals surface area (Å²) in [5.74, 6) is -3.75. The number of nitrogens with two attached hydrogens (primary N) is 1. The number of hydrogen-bond donors (Lipinski definition) is 2. The van der Waals surface area contributed by atoms with Crippen LogP contribution >= 0.6 is 0 Å². The van der Waals surface area contributed by atoms with E-state index in [4.69, 9.17) is 5.73 Å². The zero-order chi connectivity index (χ0) is 22.8. The van der Waals surface area contributed by atoms with E-state index in [1.165, 1.54) is 12.3 Å². The molecule has 0 aliphatic carbocycles. The SMILES string of the molecule is N[C@H](Cc1cc(F)c(F)cc1F)C1C[C@H]2CC[C@H](C1)N2C(=O)CNC(=O)c1cccnn1. The number of benzene rings is 1. The maximum absolute atomic E-state index is 14.0. The van der Waals surface area contributed by atoms with Crippen LogP contribution in [0.15, 0.2) is 30.5 Å². The predicted octanol–water partition coefficient (Wildman–Crippen LogP) is 1.96. The van der Waals surface area contributed by atoms with Gasteiger partial charge in [-0.25, -0.2) is 13.2 Å². The van der Waals surface area contributed by atoms with E-state index in [-0.39, 0.29) is 48.1 Å². The number of piperidine rings is 1. The van der Waals surface area contributed by atoms with Crippen LogP contribution < -0.4 is 11.1 Å². The summed E-state index contributed by atoms with van der Waals surface area (Å²) in [5.41, 5.74) is 6.50. The molecule has 3 atom stereocenters. The van der Waals surface area contributed by atoms with Crippen molar-refractivity contribution in [2.75, 3.05) is 6.54 Å². The molecule has 0 unspecified atom stereocenters. The predicted molar refractivity (Wildman–Crippen MR) is 109 cm³/mol. The molecule has 3 N–H and O–H groups in total. The quantitative estimate of drug-likeness (QED) is 0.660. The average Bonchev–Trinajstić information content (AvgIpc) is 3.05. The largest absolute Gasteiger partial charge is 0.342 e. The van der Waals surface area contributed by atoms with Crippen LogP contribution in [0, 0.1) is 23.4 Å². The standard InChI is InChI=1S/C22H24F3N5O2/c23-16-10-18(25)17(24)8-12(16)9-19(26)13-6-14-3-4-15(7-13)30(14)21(31)11-27-22(32)20-2-1-5-28-29-20/h1-2,5,8,10,13-15,19H,3-4,6-7,9,11,26H2,(H,27,32)/t14-,15-,19-/m1/s1. The van der Waals surface area contributed by atoms with E-state index in [1.54, 1.807) is 6.07 Å². The van der Waals surface area contributed by atoms with Crippen LogP contribution in [0.2, 0.25) is 0 Å². The Bertz CT molecular complexity index is 993. The van der Waals surface area contributed by atoms with Crippen LogP contribution in [-0.4, -0.2) is 51.6 Å². The van der Waals surface area contributed by atoms with Gasteiger partial charge in [0.25, 0.3) is 5.91 Å². The molecule has 2 saturated heterocycles. The van der Waals surface area contributed by atoms with Gasteiger partial charge in [0.2, 0.25) is 5.91 Å². The van der Waals surface area contributed by atoms with Crippen molar-refractivity contribution >= 4 is 11.8 Å². The van der Waals surface area contributed by atoms with E-state index >= 15 is 0 Å². The summed E-state index contributed by atoms with van der Waals surface area (Å²) >= 11 is 0. The molecular formula is C22H24F3N5O2. The summed E-state index contributed by atoms with van der Waals surface area (Å²) in [6.45, 7) is -0.140. The highest BCUT2D eigenvalue weighted by atomic mass is 19.2. The molecule has 3 heterocycles. The van der Waals surface area contributed by atoms with Gasteiger partial charge in [0.05, 0.1) is 6.54 Å². The molecule has 2 aliphatic rings. The maximum Gasteiger partial charge on any atom is 0.272 e. The van der Waals surface area contributed by atoms with Crippen LogP contribution in [0.1, 0.15) is 41.7 Å². The fraction of sp³-hybridized carbons (Fsp3) is 0.455. The highest BCUT2D eigenvalue weighted by molar-refractivity contribution is 5.94. The first-order valence-corrected chi connectivity index (χ1v) is 10.6. The van der Waals surface area contributed by atoms with E-state index in [0.717, 1.165) is 18.9 Å². The Kier molecular flexibility index (Phi) is 6.40. The first-order chi connectivity index (χ1) is 15.3. The molecule has 10 heteroatoms. The van der Waals surface area contributed by atoms with Crippen molar-refractivity contribution in [3.8, 4) is 0 Å². The molecule has 7 nitrogen and oxygen atoms in total. The van der Waals surface area contributed by atoms with E-state index in [1.807, 2.05) is 4.90 Å². The highest BCUT2D eigenvalue weighted by Gasteiger charge is 2.44. The van der Waals surface area contributed by atoms with Gasteiger partial charge < -0.3 is 16.0 Å². The molecule has 2 bridgehead atoms. The van der Waals surface area contributed by atoms with E-state index < -0.39 is 29.4 Å². The van der Waals surface area contributed by atoms with Gasteiger partial charge in [0.1, 0.15) is 5.82 Å². The Morgan fingerprint density at radius 1 is 1.12 bits per heavy atom. The number of halogens is 3. The van der Waals surface area contributed by atoms with E-state index in [2.05, 4.69) is 15.5 Å². The van der Waals surface area contributed by atoms with Gasteiger partial charge in [-0.3, -0.25) is 9.59 Å². The van der Waals surface area contributed by atoms with Crippen molar-refractivity contribution < 1.29 is 22.8 Å². The third-order valence-corrected chi connectivity index (χ3v) is 6.41. The molecule has 170 valence electrons. The molecule has 2 fully saturated rings. The normalized spacial score (nSPS) is 23.1. The Balaban J connectivity index is 1.34. The average molecular weight is 447 g/mol. The fourth-order valence-electron chi connectivity index (χ4n) is 4.88. The van der Waals surface area contributed by atoms with Crippen molar-refractivity contribution in [2.24, 2.45) is 11.7 Å². The lowest BCUT2D eigenvalue weighted by atomic mass is 9.82. The molecule has 0 spiro atoms. The van der Waals surface area contributed by atoms with E-state index in [9.17, 15) is 22.8 Å². The number of carbonyl (C=O) groups excluding carboxylic acids is 2. The van der Waals surface area contributed by atoms with Crippen LogP contribution in [0.5, 0.6) is 0 Å². The number of nitrogens with zero attached hydrogens (tertiary/aromatic N) is 3. The van der Waals surface area contributed by atoms with Gasteiger partial charge in [-0.2, -0.15) is 5.10 Å².